The first-order valence-electron chi connectivity index (χ1n) is 6.57. The largest absolute Gasteiger partial charge is 0.389 e. The summed E-state index contributed by atoms with van der Waals surface area (Å²) >= 11 is 4.98. The molecule has 0 aliphatic carbocycles. The van der Waals surface area contributed by atoms with Crippen LogP contribution in [-0.2, 0) is 6.54 Å². The van der Waals surface area contributed by atoms with Crippen molar-refractivity contribution in [1.29, 1.82) is 0 Å². The summed E-state index contributed by atoms with van der Waals surface area (Å²) in [5, 5.41) is 9.91. The number of aryl methyl sites for hydroxylation is 1. The van der Waals surface area contributed by atoms with E-state index in [4.69, 9.17) is 18.0 Å². The Labute approximate surface area is 121 Å². The molecule has 0 amide bonds. The Morgan fingerprint density at radius 2 is 2.05 bits per heavy atom. The Balaban J connectivity index is 2.83. The van der Waals surface area contributed by atoms with Crippen molar-refractivity contribution in [3.63, 3.8) is 0 Å². The minimum Gasteiger partial charge on any atom is -0.389 e. The van der Waals surface area contributed by atoms with Gasteiger partial charge in [0, 0.05) is 18.7 Å². The highest BCUT2D eigenvalue weighted by Gasteiger charge is 2.17. The summed E-state index contributed by atoms with van der Waals surface area (Å²) in [5.74, 6) is 0. The first kappa shape index (κ1) is 16.1. The molecular weight excluding hydrogens is 256 g/mol. The van der Waals surface area contributed by atoms with Gasteiger partial charge >= 0.3 is 0 Å². The summed E-state index contributed by atoms with van der Waals surface area (Å²) in [7, 11) is 0. The SMILES string of the molecule is CCN(Cc1ccc(C(N)=S)cc1C)CC(C)(C)O. The van der Waals surface area contributed by atoms with Gasteiger partial charge in [0.1, 0.15) is 4.99 Å². The van der Waals surface area contributed by atoms with E-state index in [0.717, 1.165) is 18.7 Å². The summed E-state index contributed by atoms with van der Waals surface area (Å²) in [6, 6.07) is 6.05. The van der Waals surface area contributed by atoms with Crippen molar-refractivity contribution in [2.45, 2.75) is 39.8 Å². The van der Waals surface area contributed by atoms with Crippen LogP contribution in [-0.4, -0.2) is 33.7 Å². The third-order valence-corrected chi connectivity index (χ3v) is 3.31. The van der Waals surface area contributed by atoms with Gasteiger partial charge in [0.25, 0.3) is 0 Å². The second kappa shape index (κ2) is 6.46. The van der Waals surface area contributed by atoms with E-state index in [-0.39, 0.29) is 0 Å². The molecule has 0 aliphatic rings. The van der Waals surface area contributed by atoms with Gasteiger partial charge in [-0.25, -0.2) is 0 Å². The summed E-state index contributed by atoms with van der Waals surface area (Å²) < 4.78 is 0. The van der Waals surface area contributed by atoms with E-state index in [1.165, 1.54) is 11.1 Å². The Bertz CT molecular complexity index is 452. The third kappa shape index (κ3) is 5.27. The average Bonchev–Trinajstić information content (AvgIpc) is 2.28. The van der Waals surface area contributed by atoms with E-state index in [0.29, 0.717) is 11.5 Å². The number of aliphatic hydroxyl groups is 1. The lowest BCUT2D eigenvalue weighted by molar-refractivity contribution is 0.0353. The number of thiocarbonyl (C=S) groups is 1. The van der Waals surface area contributed by atoms with Crippen molar-refractivity contribution >= 4 is 17.2 Å². The number of likely N-dealkylation sites (N-methyl/N-ethyl adjacent to an activating group) is 1. The molecule has 0 atom stereocenters. The smallest absolute Gasteiger partial charge is 0.103 e. The number of rotatable bonds is 6. The van der Waals surface area contributed by atoms with Crippen LogP contribution in [0.2, 0.25) is 0 Å². The molecule has 0 unspecified atom stereocenters. The average molecular weight is 280 g/mol. The Morgan fingerprint density at radius 1 is 1.42 bits per heavy atom. The molecule has 0 fully saturated rings. The molecule has 0 spiro atoms. The molecule has 0 heterocycles. The molecule has 106 valence electrons. The predicted octanol–water partition coefficient (Wildman–Crippen LogP) is 2.22. The highest BCUT2D eigenvalue weighted by atomic mass is 32.1. The fourth-order valence-electron chi connectivity index (χ4n) is 2.09. The number of nitrogens with zero attached hydrogens (tertiary/aromatic N) is 1. The quantitative estimate of drug-likeness (QED) is 0.785. The molecule has 0 saturated heterocycles. The van der Waals surface area contributed by atoms with E-state index in [1.807, 2.05) is 26.0 Å². The standard InChI is InChI=1S/C15H24N2OS/c1-5-17(10-15(3,4)18)9-13-7-6-12(14(16)19)8-11(13)2/h6-8,18H,5,9-10H2,1-4H3,(H2,16,19). The van der Waals surface area contributed by atoms with Gasteiger partial charge < -0.3 is 10.8 Å². The van der Waals surface area contributed by atoms with Crippen molar-refractivity contribution in [3.8, 4) is 0 Å². The molecule has 1 aromatic rings. The molecule has 0 bridgehead atoms. The van der Waals surface area contributed by atoms with Crippen LogP contribution in [0.1, 0.15) is 37.5 Å². The highest BCUT2D eigenvalue weighted by molar-refractivity contribution is 7.80. The highest BCUT2D eigenvalue weighted by Crippen LogP contribution is 2.15. The van der Waals surface area contributed by atoms with E-state index >= 15 is 0 Å². The molecule has 0 radical (unpaired) electrons. The molecule has 0 aromatic heterocycles. The van der Waals surface area contributed by atoms with Gasteiger partial charge in [0.2, 0.25) is 0 Å². The van der Waals surface area contributed by atoms with Gasteiger partial charge in [0.15, 0.2) is 0 Å². The lowest BCUT2D eigenvalue weighted by atomic mass is 10.0. The first-order valence-corrected chi connectivity index (χ1v) is 6.98. The molecule has 4 heteroatoms. The fourth-order valence-corrected chi connectivity index (χ4v) is 2.22. The van der Waals surface area contributed by atoms with Gasteiger partial charge in [-0.3, -0.25) is 4.90 Å². The second-order valence-electron chi connectivity index (χ2n) is 5.62. The van der Waals surface area contributed by atoms with Gasteiger partial charge in [-0.15, -0.1) is 0 Å². The van der Waals surface area contributed by atoms with Crippen molar-refractivity contribution in [3.05, 3.63) is 34.9 Å². The van der Waals surface area contributed by atoms with Crippen LogP contribution in [0.25, 0.3) is 0 Å². The predicted molar refractivity (Wildman–Crippen MR) is 84.3 cm³/mol. The van der Waals surface area contributed by atoms with Crippen LogP contribution in [0.15, 0.2) is 18.2 Å². The third-order valence-electron chi connectivity index (χ3n) is 3.08. The zero-order valence-electron chi connectivity index (χ0n) is 12.2. The van der Waals surface area contributed by atoms with E-state index < -0.39 is 5.60 Å². The van der Waals surface area contributed by atoms with Crippen LogP contribution in [0, 0.1) is 6.92 Å². The van der Waals surface area contributed by atoms with E-state index in [1.54, 1.807) is 0 Å². The fraction of sp³-hybridized carbons (Fsp3) is 0.533. The monoisotopic (exact) mass is 280 g/mol. The number of benzene rings is 1. The lowest BCUT2D eigenvalue weighted by Gasteiger charge is -2.28. The molecule has 3 N–H and O–H groups in total. The minimum absolute atomic E-state index is 0.429. The Kier molecular flexibility index (Phi) is 5.47. The summed E-state index contributed by atoms with van der Waals surface area (Å²) in [6.45, 7) is 10.2. The first-order chi connectivity index (χ1) is 8.73. The maximum absolute atomic E-state index is 9.91. The van der Waals surface area contributed by atoms with Gasteiger partial charge in [0.05, 0.1) is 5.60 Å². The summed E-state index contributed by atoms with van der Waals surface area (Å²) in [4.78, 5) is 2.65. The maximum atomic E-state index is 9.91. The van der Waals surface area contributed by atoms with E-state index in [9.17, 15) is 5.11 Å². The Hall–Kier alpha value is -0.970. The molecule has 1 aromatic carbocycles. The van der Waals surface area contributed by atoms with Crippen molar-refractivity contribution in [1.82, 2.24) is 4.90 Å². The molecule has 0 aliphatic heterocycles. The van der Waals surface area contributed by atoms with Crippen LogP contribution < -0.4 is 5.73 Å². The van der Waals surface area contributed by atoms with Gasteiger partial charge in [-0.05, 0) is 44.5 Å². The summed E-state index contributed by atoms with van der Waals surface area (Å²) in [5.41, 5.74) is 8.28. The topological polar surface area (TPSA) is 49.5 Å². The number of nitrogens with two attached hydrogens (primary N) is 1. The van der Waals surface area contributed by atoms with Crippen LogP contribution in [0.4, 0.5) is 0 Å². The zero-order chi connectivity index (χ0) is 14.6. The molecule has 3 nitrogen and oxygen atoms in total. The maximum Gasteiger partial charge on any atom is 0.103 e. The van der Waals surface area contributed by atoms with Gasteiger partial charge in [-0.1, -0.05) is 31.3 Å². The normalized spacial score (nSPS) is 11.9. The Morgan fingerprint density at radius 3 is 2.47 bits per heavy atom. The molecule has 1 rings (SSSR count). The lowest BCUT2D eigenvalue weighted by Crippen LogP contribution is -2.38. The van der Waals surface area contributed by atoms with E-state index in [2.05, 4.69) is 24.8 Å². The van der Waals surface area contributed by atoms with Crippen LogP contribution in [0.3, 0.4) is 0 Å². The van der Waals surface area contributed by atoms with Crippen molar-refractivity contribution < 1.29 is 5.11 Å². The molecular formula is C15H24N2OS. The minimum atomic E-state index is -0.678. The van der Waals surface area contributed by atoms with Crippen molar-refractivity contribution in [2.24, 2.45) is 5.73 Å². The van der Waals surface area contributed by atoms with Gasteiger partial charge in [-0.2, -0.15) is 0 Å². The molecule has 19 heavy (non-hydrogen) atoms. The summed E-state index contributed by atoms with van der Waals surface area (Å²) in [6.07, 6.45) is 0. The van der Waals surface area contributed by atoms with Crippen LogP contribution >= 0.6 is 12.2 Å². The number of hydrogen-bond donors (Lipinski definition) is 2. The number of hydrogen-bond acceptors (Lipinski definition) is 3. The van der Waals surface area contributed by atoms with Crippen LogP contribution in [0.5, 0.6) is 0 Å². The second-order valence-corrected chi connectivity index (χ2v) is 6.06. The van der Waals surface area contributed by atoms with Crippen molar-refractivity contribution in [2.75, 3.05) is 13.1 Å². The molecule has 0 saturated carbocycles. The zero-order valence-corrected chi connectivity index (χ0v) is 13.0.